The standard InChI is InChI=1S/C21H13F2N3O4S/c22-13-2-1-3-14(23)19(13)15-9-31-18(25-15)8-28-21(27)12-7-24-26-20(12)11-4-5-16-17(6-11)30-10-29-16/h1-7,9H,8,10H2,(H,24,26). The lowest BCUT2D eigenvalue weighted by molar-refractivity contribution is 0.0473. The molecule has 2 aromatic heterocycles. The van der Waals surface area contributed by atoms with Crippen molar-refractivity contribution in [1.82, 2.24) is 15.2 Å². The number of fused-ring (bicyclic) bond motifs is 1. The minimum absolute atomic E-state index is 0.142. The normalized spacial score (nSPS) is 12.2. The number of H-pyrrole nitrogens is 1. The molecule has 0 aliphatic carbocycles. The van der Waals surface area contributed by atoms with Gasteiger partial charge in [0, 0.05) is 10.9 Å². The van der Waals surface area contributed by atoms with Crippen molar-refractivity contribution in [3.63, 3.8) is 0 Å². The minimum atomic E-state index is -0.708. The van der Waals surface area contributed by atoms with Crippen molar-refractivity contribution in [2.75, 3.05) is 6.79 Å². The van der Waals surface area contributed by atoms with Gasteiger partial charge in [0.25, 0.3) is 0 Å². The fourth-order valence-corrected chi connectivity index (χ4v) is 3.85. The van der Waals surface area contributed by atoms with Crippen molar-refractivity contribution in [2.24, 2.45) is 0 Å². The smallest absolute Gasteiger partial charge is 0.342 e. The second kappa shape index (κ2) is 7.80. The summed E-state index contributed by atoms with van der Waals surface area (Å²) in [7, 11) is 0. The highest BCUT2D eigenvalue weighted by Gasteiger charge is 2.21. The molecule has 2 aromatic carbocycles. The number of esters is 1. The number of thiazole rings is 1. The van der Waals surface area contributed by atoms with Crippen LogP contribution in [-0.4, -0.2) is 27.9 Å². The highest BCUT2D eigenvalue weighted by Crippen LogP contribution is 2.36. The van der Waals surface area contributed by atoms with Crippen LogP contribution in [0.3, 0.4) is 0 Å². The molecule has 10 heteroatoms. The van der Waals surface area contributed by atoms with E-state index in [-0.39, 0.29) is 30.2 Å². The number of hydrogen-bond donors (Lipinski definition) is 1. The number of halogens is 2. The predicted molar refractivity (Wildman–Crippen MR) is 107 cm³/mol. The number of benzene rings is 2. The number of carbonyl (C=O) groups excluding carboxylic acids is 1. The molecular weight excluding hydrogens is 428 g/mol. The van der Waals surface area contributed by atoms with Gasteiger partial charge in [0.05, 0.1) is 23.1 Å². The van der Waals surface area contributed by atoms with Crippen LogP contribution in [0, 0.1) is 11.6 Å². The molecule has 0 amide bonds. The van der Waals surface area contributed by atoms with Gasteiger partial charge in [-0.3, -0.25) is 5.10 Å². The third-order valence-electron chi connectivity index (χ3n) is 4.62. The third kappa shape index (κ3) is 3.61. The van der Waals surface area contributed by atoms with Gasteiger partial charge in [0.15, 0.2) is 11.5 Å². The molecule has 1 N–H and O–H groups in total. The van der Waals surface area contributed by atoms with Gasteiger partial charge in [-0.1, -0.05) is 6.07 Å². The molecule has 0 atom stereocenters. The maximum absolute atomic E-state index is 13.9. The second-order valence-electron chi connectivity index (χ2n) is 6.53. The molecule has 3 heterocycles. The molecule has 5 rings (SSSR count). The number of hydrogen-bond acceptors (Lipinski definition) is 7. The van der Waals surface area contributed by atoms with Gasteiger partial charge in [-0.25, -0.2) is 18.6 Å². The van der Waals surface area contributed by atoms with Gasteiger partial charge in [-0.05, 0) is 30.3 Å². The highest BCUT2D eigenvalue weighted by atomic mass is 32.1. The van der Waals surface area contributed by atoms with Crippen molar-refractivity contribution in [2.45, 2.75) is 6.61 Å². The van der Waals surface area contributed by atoms with Crippen LogP contribution < -0.4 is 9.47 Å². The number of nitrogens with zero attached hydrogens (tertiary/aromatic N) is 2. The Morgan fingerprint density at radius 3 is 2.81 bits per heavy atom. The Morgan fingerprint density at radius 1 is 1.16 bits per heavy atom. The van der Waals surface area contributed by atoms with E-state index in [0.717, 1.165) is 23.5 Å². The summed E-state index contributed by atoms with van der Waals surface area (Å²) in [6, 6.07) is 8.86. The third-order valence-corrected chi connectivity index (χ3v) is 5.44. The van der Waals surface area contributed by atoms with E-state index in [1.165, 1.54) is 17.6 Å². The Hall–Kier alpha value is -3.79. The van der Waals surface area contributed by atoms with Crippen molar-refractivity contribution in [1.29, 1.82) is 0 Å². The molecular formula is C21H13F2N3O4S. The van der Waals surface area contributed by atoms with Crippen LogP contribution in [0.15, 0.2) is 48.0 Å². The molecule has 0 saturated carbocycles. The van der Waals surface area contributed by atoms with Crippen molar-refractivity contribution in [3.8, 4) is 34.0 Å². The highest BCUT2D eigenvalue weighted by molar-refractivity contribution is 7.09. The van der Waals surface area contributed by atoms with Gasteiger partial charge in [0.1, 0.15) is 28.8 Å². The molecule has 0 unspecified atom stereocenters. The monoisotopic (exact) mass is 441 g/mol. The van der Waals surface area contributed by atoms with Crippen molar-refractivity contribution < 1.29 is 27.8 Å². The number of nitrogens with one attached hydrogen (secondary N) is 1. The van der Waals surface area contributed by atoms with E-state index >= 15 is 0 Å². The summed E-state index contributed by atoms with van der Waals surface area (Å²) in [5, 5.41) is 8.64. The summed E-state index contributed by atoms with van der Waals surface area (Å²) >= 11 is 1.14. The SMILES string of the molecule is O=C(OCc1nc(-c2c(F)cccc2F)cs1)c1cn[nH]c1-c1ccc2c(c1)OCO2. The zero-order chi connectivity index (χ0) is 21.4. The van der Waals surface area contributed by atoms with Crippen LogP contribution in [0.5, 0.6) is 11.5 Å². The maximum atomic E-state index is 13.9. The van der Waals surface area contributed by atoms with E-state index in [1.54, 1.807) is 18.2 Å². The Kier molecular flexibility index (Phi) is 4.83. The Bertz CT molecular complexity index is 1270. The van der Waals surface area contributed by atoms with Gasteiger partial charge in [-0.15, -0.1) is 11.3 Å². The van der Waals surface area contributed by atoms with Crippen molar-refractivity contribution >= 4 is 17.3 Å². The summed E-state index contributed by atoms with van der Waals surface area (Å²) in [4.78, 5) is 16.8. The second-order valence-corrected chi connectivity index (χ2v) is 7.47. The average Bonchev–Trinajstić information content (AvgIpc) is 3.51. The molecule has 1 aliphatic heterocycles. The summed E-state index contributed by atoms with van der Waals surface area (Å²) in [6.07, 6.45) is 1.37. The van der Waals surface area contributed by atoms with E-state index in [9.17, 15) is 13.6 Å². The lowest BCUT2D eigenvalue weighted by atomic mass is 10.1. The van der Waals surface area contributed by atoms with Gasteiger partial charge in [-0.2, -0.15) is 5.10 Å². The summed E-state index contributed by atoms with van der Waals surface area (Å²) in [5.74, 6) is -0.836. The molecule has 0 fully saturated rings. The molecule has 156 valence electrons. The first kappa shape index (κ1) is 19.2. The van der Waals surface area contributed by atoms with Crippen LogP contribution in [0.25, 0.3) is 22.5 Å². The molecule has 4 aromatic rings. The largest absolute Gasteiger partial charge is 0.455 e. The molecule has 0 spiro atoms. The van der Waals surface area contributed by atoms with Crippen molar-refractivity contribution in [3.05, 3.63) is 70.2 Å². The van der Waals surface area contributed by atoms with E-state index in [2.05, 4.69) is 15.2 Å². The average molecular weight is 441 g/mol. The summed E-state index contributed by atoms with van der Waals surface area (Å²) in [6.45, 7) is -0.00538. The molecule has 0 saturated heterocycles. The number of aromatic amines is 1. The fraction of sp³-hybridized carbons (Fsp3) is 0.0952. The van der Waals surface area contributed by atoms with E-state index < -0.39 is 17.6 Å². The molecule has 0 radical (unpaired) electrons. The van der Waals surface area contributed by atoms with Crippen LogP contribution in [0.4, 0.5) is 8.78 Å². The Morgan fingerprint density at radius 2 is 1.97 bits per heavy atom. The quantitative estimate of drug-likeness (QED) is 0.457. The van der Waals surface area contributed by atoms with Gasteiger partial charge >= 0.3 is 5.97 Å². The number of ether oxygens (including phenoxy) is 3. The number of carbonyl (C=O) groups is 1. The molecule has 1 aliphatic rings. The molecule has 31 heavy (non-hydrogen) atoms. The minimum Gasteiger partial charge on any atom is -0.455 e. The predicted octanol–water partition coefficient (Wildman–Crippen LogP) is 4.56. The first-order valence-electron chi connectivity index (χ1n) is 9.09. The first-order chi connectivity index (χ1) is 15.1. The Labute approximate surface area is 178 Å². The number of aromatic nitrogens is 3. The van der Waals surface area contributed by atoms with Crippen LogP contribution in [0.2, 0.25) is 0 Å². The molecule has 7 nitrogen and oxygen atoms in total. The summed E-state index contributed by atoms with van der Waals surface area (Å²) < 4.78 is 43.9. The maximum Gasteiger partial charge on any atom is 0.342 e. The zero-order valence-corrected chi connectivity index (χ0v) is 16.5. The van der Waals surface area contributed by atoms with E-state index in [0.29, 0.717) is 27.8 Å². The zero-order valence-electron chi connectivity index (χ0n) is 15.7. The topological polar surface area (TPSA) is 86.3 Å². The Balaban J connectivity index is 1.32. The number of rotatable bonds is 5. The fourth-order valence-electron chi connectivity index (χ4n) is 3.15. The molecule has 0 bridgehead atoms. The van der Waals surface area contributed by atoms with E-state index in [1.807, 2.05) is 0 Å². The first-order valence-corrected chi connectivity index (χ1v) is 9.97. The lowest BCUT2D eigenvalue weighted by Gasteiger charge is -2.05. The van der Waals surface area contributed by atoms with E-state index in [4.69, 9.17) is 14.2 Å². The van der Waals surface area contributed by atoms with Crippen LogP contribution in [-0.2, 0) is 11.3 Å². The van der Waals surface area contributed by atoms with Gasteiger partial charge in [0.2, 0.25) is 6.79 Å². The van der Waals surface area contributed by atoms with Gasteiger partial charge < -0.3 is 14.2 Å². The lowest BCUT2D eigenvalue weighted by Crippen LogP contribution is -2.05. The van der Waals surface area contributed by atoms with Crippen LogP contribution in [0.1, 0.15) is 15.4 Å². The van der Waals surface area contributed by atoms with Crippen LogP contribution >= 0.6 is 11.3 Å². The summed E-state index contributed by atoms with van der Waals surface area (Å²) in [5.41, 5.74) is 1.32.